The largest absolute Gasteiger partial charge is 0.381 e. The number of fused-ring (bicyclic) bond motifs is 2. The molecule has 142 valence electrons. The van der Waals surface area contributed by atoms with E-state index in [1.54, 1.807) is 29.1 Å². The number of benzene rings is 1. The molecule has 0 bridgehead atoms. The van der Waals surface area contributed by atoms with Gasteiger partial charge in [0.2, 0.25) is 6.41 Å². The van der Waals surface area contributed by atoms with Gasteiger partial charge in [-0.05, 0) is 30.9 Å². The van der Waals surface area contributed by atoms with Crippen LogP contribution in [0.2, 0.25) is 5.02 Å². The Kier molecular flexibility index (Phi) is 3.94. The van der Waals surface area contributed by atoms with Crippen molar-refractivity contribution < 1.29 is 9.18 Å². The number of hydrogen-bond donors (Lipinski definition) is 3. The number of hydrogen-bond acceptors (Lipinski definition) is 4. The molecule has 7 nitrogen and oxygen atoms in total. The van der Waals surface area contributed by atoms with Crippen LogP contribution in [0, 0.1) is 11.7 Å². The summed E-state index contributed by atoms with van der Waals surface area (Å²) in [6.07, 6.45) is 8.02. The van der Waals surface area contributed by atoms with Gasteiger partial charge in [0, 0.05) is 29.3 Å². The van der Waals surface area contributed by atoms with Gasteiger partial charge in [0.1, 0.15) is 5.65 Å². The molecule has 1 saturated carbocycles. The first-order valence-corrected chi connectivity index (χ1v) is 9.30. The number of imidazole rings is 1. The van der Waals surface area contributed by atoms with Crippen molar-refractivity contribution in [2.45, 2.75) is 12.8 Å². The van der Waals surface area contributed by atoms with E-state index in [1.165, 1.54) is 12.8 Å². The lowest BCUT2D eigenvalue weighted by atomic mass is 10.0. The summed E-state index contributed by atoms with van der Waals surface area (Å²) in [5.74, 6) is 0.522. The van der Waals surface area contributed by atoms with Crippen molar-refractivity contribution in [1.82, 2.24) is 19.6 Å². The topological polar surface area (TPSA) is 87.1 Å². The summed E-state index contributed by atoms with van der Waals surface area (Å²) in [5.41, 5.74) is 2.86. The van der Waals surface area contributed by atoms with Crippen LogP contribution in [0.5, 0.6) is 0 Å². The lowest BCUT2D eigenvalue weighted by molar-refractivity contribution is -0.105. The van der Waals surface area contributed by atoms with Crippen molar-refractivity contribution >= 4 is 46.1 Å². The molecule has 1 aliphatic carbocycles. The highest BCUT2D eigenvalue weighted by atomic mass is 35.5. The highest BCUT2D eigenvalue weighted by Crippen LogP contribution is 2.42. The lowest BCUT2D eigenvalue weighted by Gasteiger charge is -2.14. The van der Waals surface area contributed by atoms with Gasteiger partial charge in [-0.1, -0.05) is 11.6 Å². The molecule has 9 heteroatoms. The number of aromatic amines is 1. The second-order valence-electron chi connectivity index (χ2n) is 6.93. The number of halogens is 2. The van der Waals surface area contributed by atoms with Crippen molar-refractivity contribution in [1.29, 1.82) is 0 Å². The number of rotatable bonds is 6. The fourth-order valence-electron chi connectivity index (χ4n) is 3.40. The standard InChI is InChI=1S/C19H16ClFN6O/c20-16-15(11-3-4-14-25-13(23-9-28)8-27(14)7-11)12-6-24-26-18(12)19(17(16)21)22-5-10-1-2-10/h3-4,6-10,22H,1-2,5H2,(H,23,28)(H,24,26). The van der Waals surface area contributed by atoms with Gasteiger partial charge in [0.05, 0.1) is 28.6 Å². The van der Waals surface area contributed by atoms with E-state index in [2.05, 4.69) is 25.8 Å². The molecule has 0 unspecified atom stereocenters. The van der Waals surface area contributed by atoms with Crippen LogP contribution in [0.4, 0.5) is 15.9 Å². The second kappa shape index (κ2) is 6.49. The zero-order chi connectivity index (χ0) is 19.3. The minimum atomic E-state index is -0.497. The molecular formula is C19H16ClFN6O. The predicted octanol–water partition coefficient (Wildman–Crippen LogP) is 4.06. The molecule has 1 fully saturated rings. The van der Waals surface area contributed by atoms with Crippen molar-refractivity contribution in [2.75, 3.05) is 17.2 Å². The Morgan fingerprint density at radius 1 is 1.36 bits per heavy atom. The van der Waals surface area contributed by atoms with E-state index in [-0.39, 0.29) is 5.02 Å². The normalized spacial score (nSPS) is 13.9. The van der Waals surface area contributed by atoms with Gasteiger partial charge in [-0.15, -0.1) is 0 Å². The molecule has 0 spiro atoms. The summed E-state index contributed by atoms with van der Waals surface area (Å²) in [5, 5.41) is 13.5. The molecule has 3 N–H and O–H groups in total. The maximum absolute atomic E-state index is 15.1. The van der Waals surface area contributed by atoms with Gasteiger partial charge in [-0.25, -0.2) is 9.37 Å². The quantitative estimate of drug-likeness (QED) is 0.427. The molecule has 3 heterocycles. The van der Waals surface area contributed by atoms with E-state index in [0.717, 1.165) is 5.39 Å². The Labute approximate surface area is 163 Å². The Hall–Kier alpha value is -3.13. The van der Waals surface area contributed by atoms with Crippen LogP contribution in [-0.4, -0.2) is 32.5 Å². The third kappa shape index (κ3) is 2.77. The van der Waals surface area contributed by atoms with Gasteiger partial charge in [-0.2, -0.15) is 5.10 Å². The zero-order valence-electron chi connectivity index (χ0n) is 14.7. The van der Waals surface area contributed by atoms with Gasteiger partial charge in [-0.3, -0.25) is 9.89 Å². The number of carbonyl (C=O) groups is 1. The minimum Gasteiger partial charge on any atom is -0.381 e. The molecule has 28 heavy (non-hydrogen) atoms. The summed E-state index contributed by atoms with van der Waals surface area (Å²) in [6.45, 7) is 0.716. The number of carbonyl (C=O) groups excluding carboxylic acids is 1. The summed E-state index contributed by atoms with van der Waals surface area (Å²) in [7, 11) is 0. The highest BCUT2D eigenvalue weighted by molar-refractivity contribution is 6.36. The fraction of sp³-hybridized carbons (Fsp3) is 0.211. The smallest absolute Gasteiger partial charge is 0.212 e. The Morgan fingerprint density at radius 3 is 3.00 bits per heavy atom. The first-order chi connectivity index (χ1) is 13.7. The number of nitrogens with one attached hydrogen (secondary N) is 3. The number of nitrogens with zero attached hydrogens (tertiary/aromatic N) is 3. The predicted molar refractivity (Wildman–Crippen MR) is 106 cm³/mol. The van der Waals surface area contributed by atoms with Gasteiger partial charge >= 0.3 is 0 Å². The maximum atomic E-state index is 15.1. The maximum Gasteiger partial charge on any atom is 0.212 e. The monoisotopic (exact) mass is 398 g/mol. The molecule has 1 aromatic carbocycles. The van der Waals surface area contributed by atoms with Crippen molar-refractivity contribution in [2.24, 2.45) is 5.92 Å². The van der Waals surface area contributed by atoms with Crippen LogP contribution in [0.25, 0.3) is 27.7 Å². The number of H-pyrrole nitrogens is 1. The third-order valence-corrected chi connectivity index (χ3v) is 5.36. The van der Waals surface area contributed by atoms with E-state index in [1.807, 2.05) is 6.07 Å². The van der Waals surface area contributed by atoms with Crippen molar-refractivity contribution in [3.05, 3.63) is 41.6 Å². The van der Waals surface area contributed by atoms with Crippen LogP contribution in [0.1, 0.15) is 12.8 Å². The third-order valence-electron chi connectivity index (χ3n) is 5.00. The van der Waals surface area contributed by atoms with E-state index in [0.29, 0.717) is 52.7 Å². The SMILES string of the molecule is O=CNc1cn2cc(-c3c(Cl)c(F)c(NCC4CC4)c4[nH]ncc34)ccc2n1. The van der Waals surface area contributed by atoms with E-state index < -0.39 is 5.82 Å². The van der Waals surface area contributed by atoms with Gasteiger partial charge in [0.25, 0.3) is 0 Å². The number of aromatic nitrogens is 4. The molecule has 1 aliphatic rings. The Morgan fingerprint density at radius 2 is 2.21 bits per heavy atom. The minimum absolute atomic E-state index is 0.0397. The number of amides is 1. The molecule has 3 aromatic heterocycles. The Bertz CT molecular complexity index is 1210. The molecule has 0 saturated heterocycles. The van der Waals surface area contributed by atoms with Crippen molar-refractivity contribution in [3.8, 4) is 11.1 Å². The van der Waals surface area contributed by atoms with Gasteiger partial charge in [0.15, 0.2) is 11.6 Å². The van der Waals surface area contributed by atoms with Crippen LogP contribution in [0.3, 0.4) is 0 Å². The summed E-state index contributed by atoms with van der Waals surface area (Å²) >= 11 is 6.47. The van der Waals surface area contributed by atoms with E-state index in [9.17, 15) is 4.79 Å². The molecular weight excluding hydrogens is 383 g/mol. The highest BCUT2D eigenvalue weighted by Gasteiger charge is 2.25. The summed E-state index contributed by atoms with van der Waals surface area (Å²) in [6, 6.07) is 3.60. The molecule has 4 aromatic rings. The first-order valence-electron chi connectivity index (χ1n) is 8.93. The summed E-state index contributed by atoms with van der Waals surface area (Å²) in [4.78, 5) is 14.9. The average molecular weight is 399 g/mol. The molecule has 1 amide bonds. The van der Waals surface area contributed by atoms with Gasteiger partial charge < -0.3 is 15.0 Å². The summed E-state index contributed by atoms with van der Waals surface area (Å²) < 4.78 is 16.9. The number of anilines is 2. The fourth-order valence-corrected chi connectivity index (χ4v) is 3.71. The average Bonchev–Trinajstić information content (AvgIpc) is 3.23. The van der Waals surface area contributed by atoms with Crippen molar-refractivity contribution in [3.63, 3.8) is 0 Å². The van der Waals surface area contributed by atoms with Crippen LogP contribution < -0.4 is 10.6 Å². The second-order valence-corrected chi connectivity index (χ2v) is 7.31. The van der Waals surface area contributed by atoms with E-state index >= 15 is 4.39 Å². The molecule has 5 rings (SSSR count). The molecule has 0 atom stereocenters. The molecule has 0 radical (unpaired) electrons. The number of pyridine rings is 1. The lowest BCUT2D eigenvalue weighted by Crippen LogP contribution is -2.06. The van der Waals surface area contributed by atoms with Crippen LogP contribution >= 0.6 is 11.6 Å². The Balaban J connectivity index is 1.65. The first kappa shape index (κ1) is 17.0. The van der Waals surface area contributed by atoms with Crippen LogP contribution in [-0.2, 0) is 4.79 Å². The zero-order valence-corrected chi connectivity index (χ0v) is 15.4. The molecule has 0 aliphatic heterocycles. The van der Waals surface area contributed by atoms with E-state index in [4.69, 9.17) is 11.6 Å². The van der Waals surface area contributed by atoms with Crippen LogP contribution in [0.15, 0.2) is 30.7 Å².